The summed E-state index contributed by atoms with van der Waals surface area (Å²) >= 11 is 1.21. The van der Waals surface area contributed by atoms with Gasteiger partial charge in [0.15, 0.2) is 5.16 Å². The van der Waals surface area contributed by atoms with Crippen molar-refractivity contribution in [3.63, 3.8) is 0 Å². The highest BCUT2D eigenvalue weighted by Gasteiger charge is 2.16. The number of carbonyl (C=O) groups is 1. The number of nitrogens with zero attached hydrogens (tertiary/aromatic N) is 4. The minimum atomic E-state index is -0.283. The lowest BCUT2D eigenvalue weighted by Gasteiger charge is -2.26. The Morgan fingerprint density at radius 2 is 2.15 bits per heavy atom. The zero-order valence-corrected chi connectivity index (χ0v) is 11.9. The van der Waals surface area contributed by atoms with Crippen molar-refractivity contribution in [2.45, 2.75) is 5.16 Å². The van der Waals surface area contributed by atoms with Crippen molar-refractivity contribution in [1.29, 1.82) is 0 Å². The van der Waals surface area contributed by atoms with Crippen molar-refractivity contribution >= 4 is 29.6 Å². The van der Waals surface area contributed by atoms with Crippen molar-refractivity contribution in [3.8, 4) is 0 Å². The molecule has 2 heterocycles. The molecular weight excluding hydrogens is 282 g/mol. The number of amides is 1. The van der Waals surface area contributed by atoms with Gasteiger partial charge < -0.3 is 15.0 Å². The van der Waals surface area contributed by atoms with Crippen molar-refractivity contribution in [3.05, 3.63) is 0 Å². The van der Waals surface area contributed by atoms with Crippen LogP contribution in [0.15, 0.2) is 5.16 Å². The average Bonchev–Trinajstić information content (AvgIpc) is 2.53. The van der Waals surface area contributed by atoms with E-state index in [0.717, 1.165) is 13.1 Å². The smallest absolute Gasteiger partial charge is 0.244 e. The van der Waals surface area contributed by atoms with E-state index < -0.39 is 0 Å². The highest BCUT2D eigenvalue weighted by molar-refractivity contribution is 7.99. The van der Waals surface area contributed by atoms with E-state index in [1.54, 1.807) is 7.05 Å². The van der Waals surface area contributed by atoms with Crippen LogP contribution < -0.4 is 21.5 Å². The standard InChI is InChI=1S/C10H17N7O2S/c1-12-8-13-9(17-2-4-19-5-3-17)15-10(14-8)20-6-7(18)16-11/h2-6,11H2,1H3,(H,16,18)(H,12,13,14,15). The van der Waals surface area contributed by atoms with Gasteiger partial charge in [-0.2, -0.15) is 15.0 Å². The van der Waals surface area contributed by atoms with Crippen LogP contribution >= 0.6 is 11.8 Å². The number of nitrogens with two attached hydrogens (primary N) is 1. The molecule has 1 fully saturated rings. The number of carbonyl (C=O) groups excluding carboxylic acids is 1. The minimum Gasteiger partial charge on any atom is -0.378 e. The van der Waals surface area contributed by atoms with E-state index in [1.165, 1.54) is 11.8 Å². The summed E-state index contributed by atoms with van der Waals surface area (Å²) in [6.07, 6.45) is 0. The highest BCUT2D eigenvalue weighted by atomic mass is 32.2. The molecular formula is C10H17N7O2S. The first-order chi connectivity index (χ1) is 9.72. The van der Waals surface area contributed by atoms with E-state index in [4.69, 9.17) is 10.6 Å². The summed E-state index contributed by atoms with van der Waals surface area (Å²) in [6.45, 7) is 2.78. The fourth-order valence-electron chi connectivity index (χ4n) is 1.60. The molecule has 0 bridgehead atoms. The molecule has 0 aromatic carbocycles. The van der Waals surface area contributed by atoms with Gasteiger partial charge in [-0.3, -0.25) is 10.2 Å². The number of rotatable bonds is 5. The van der Waals surface area contributed by atoms with Gasteiger partial charge in [-0.15, -0.1) is 0 Å². The van der Waals surface area contributed by atoms with Gasteiger partial charge >= 0.3 is 0 Å². The van der Waals surface area contributed by atoms with Crippen LogP contribution in [-0.4, -0.2) is 60.0 Å². The summed E-state index contributed by atoms with van der Waals surface area (Å²) < 4.78 is 5.30. The zero-order chi connectivity index (χ0) is 14.4. The van der Waals surface area contributed by atoms with Gasteiger partial charge in [-0.25, -0.2) is 5.84 Å². The zero-order valence-electron chi connectivity index (χ0n) is 11.1. The van der Waals surface area contributed by atoms with Crippen LogP contribution in [-0.2, 0) is 9.53 Å². The van der Waals surface area contributed by atoms with Gasteiger partial charge in [-0.05, 0) is 0 Å². The molecule has 1 amide bonds. The van der Waals surface area contributed by atoms with Crippen molar-refractivity contribution in [1.82, 2.24) is 20.4 Å². The van der Waals surface area contributed by atoms with Crippen LogP contribution in [0.4, 0.5) is 11.9 Å². The third-order valence-electron chi connectivity index (χ3n) is 2.61. The monoisotopic (exact) mass is 299 g/mol. The predicted octanol–water partition coefficient (Wildman–Crippen LogP) is -1.17. The fraction of sp³-hybridized carbons (Fsp3) is 0.600. The maximum atomic E-state index is 11.2. The Morgan fingerprint density at radius 1 is 1.40 bits per heavy atom. The molecule has 0 unspecified atom stereocenters. The largest absolute Gasteiger partial charge is 0.378 e. The molecule has 1 aromatic rings. The molecule has 0 saturated carbocycles. The second kappa shape index (κ2) is 7.22. The van der Waals surface area contributed by atoms with Crippen molar-refractivity contribution < 1.29 is 9.53 Å². The molecule has 20 heavy (non-hydrogen) atoms. The van der Waals surface area contributed by atoms with E-state index in [-0.39, 0.29) is 11.7 Å². The topological polar surface area (TPSA) is 118 Å². The van der Waals surface area contributed by atoms with Crippen LogP contribution in [0.1, 0.15) is 0 Å². The molecule has 1 aliphatic rings. The number of nitrogens with one attached hydrogen (secondary N) is 2. The quantitative estimate of drug-likeness (QED) is 0.267. The summed E-state index contributed by atoms with van der Waals surface area (Å²) in [6, 6.07) is 0. The van der Waals surface area contributed by atoms with Crippen LogP contribution in [0.2, 0.25) is 0 Å². The molecule has 0 spiro atoms. The van der Waals surface area contributed by atoms with Gasteiger partial charge in [0.05, 0.1) is 19.0 Å². The molecule has 10 heteroatoms. The number of morpholine rings is 1. The summed E-state index contributed by atoms with van der Waals surface area (Å²) in [4.78, 5) is 26.1. The molecule has 0 atom stereocenters. The number of thioether (sulfide) groups is 1. The second-order valence-electron chi connectivity index (χ2n) is 3.95. The third kappa shape index (κ3) is 3.92. The molecule has 4 N–H and O–H groups in total. The molecule has 110 valence electrons. The lowest BCUT2D eigenvalue weighted by Crippen LogP contribution is -2.37. The molecule has 1 aromatic heterocycles. The molecule has 2 rings (SSSR count). The van der Waals surface area contributed by atoms with Crippen LogP contribution in [0, 0.1) is 0 Å². The van der Waals surface area contributed by atoms with Gasteiger partial charge in [0, 0.05) is 20.1 Å². The van der Waals surface area contributed by atoms with Crippen LogP contribution in [0.3, 0.4) is 0 Å². The van der Waals surface area contributed by atoms with Crippen molar-refractivity contribution in [2.24, 2.45) is 5.84 Å². The van der Waals surface area contributed by atoms with Crippen LogP contribution in [0.25, 0.3) is 0 Å². The van der Waals surface area contributed by atoms with Gasteiger partial charge in [0.2, 0.25) is 17.8 Å². The number of aromatic nitrogens is 3. The maximum absolute atomic E-state index is 11.2. The summed E-state index contributed by atoms with van der Waals surface area (Å²) in [7, 11) is 1.74. The summed E-state index contributed by atoms with van der Waals surface area (Å²) in [5.74, 6) is 5.97. The van der Waals surface area contributed by atoms with E-state index >= 15 is 0 Å². The average molecular weight is 299 g/mol. The van der Waals surface area contributed by atoms with Crippen molar-refractivity contribution in [2.75, 3.05) is 49.3 Å². The Labute approximate surface area is 120 Å². The fourth-order valence-corrected chi connectivity index (χ4v) is 2.24. The van der Waals surface area contributed by atoms with Gasteiger partial charge in [0.1, 0.15) is 0 Å². The number of ether oxygens (including phenoxy) is 1. The highest BCUT2D eigenvalue weighted by Crippen LogP contribution is 2.19. The van der Waals surface area contributed by atoms with E-state index in [9.17, 15) is 4.79 Å². The number of anilines is 2. The summed E-state index contributed by atoms with van der Waals surface area (Å²) in [5.41, 5.74) is 2.07. The first-order valence-electron chi connectivity index (χ1n) is 6.11. The third-order valence-corrected chi connectivity index (χ3v) is 3.46. The first kappa shape index (κ1) is 14.8. The molecule has 0 radical (unpaired) electrons. The Morgan fingerprint density at radius 3 is 2.80 bits per heavy atom. The second-order valence-corrected chi connectivity index (χ2v) is 4.89. The number of hydrazine groups is 1. The van der Waals surface area contributed by atoms with E-state index in [2.05, 4.69) is 25.7 Å². The Bertz CT molecular complexity index is 467. The first-order valence-corrected chi connectivity index (χ1v) is 7.10. The van der Waals surface area contributed by atoms with E-state index in [0.29, 0.717) is 30.3 Å². The summed E-state index contributed by atoms with van der Waals surface area (Å²) in [5, 5.41) is 3.37. The Kier molecular flexibility index (Phi) is 5.32. The van der Waals surface area contributed by atoms with E-state index in [1.807, 2.05) is 4.90 Å². The molecule has 1 aliphatic heterocycles. The molecule has 0 aliphatic carbocycles. The number of hydrogen-bond acceptors (Lipinski definition) is 9. The number of hydrogen-bond donors (Lipinski definition) is 3. The van der Waals surface area contributed by atoms with Gasteiger partial charge in [0.25, 0.3) is 0 Å². The SMILES string of the molecule is CNc1nc(SCC(=O)NN)nc(N2CCOCC2)n1. The predicted molar refractivity (Wildman–Crippen MR) is 75.5 cm³/mol. The molecule has 9 nitrogen and oxygen atoms in total. The maximum Gasteiger partial charge on any atom is 0.244 e. The lowest BCUT2D eigenvalue weighted by molar-refractivity contribution is -0.118. The molecule has 1 saturated heterocycles. The normalized spacial score (nSPS) is 15.0. The minimum absolute atomic E-state index is 0.159. The Balaban J connectivity index is 2.12. The lowest BCUT2D eigenvalue weighted by atomic mass is 10.4. The Hall–Kier alpha value is -1.65. The van der Waals surface area contributed by atoms with Crippen LogP contribution in [0.5, 0.6) is 0 Å². The van der Waals surface area contributed by atoms with Gasteiger partial charge in [-0.1, -0.05) is 11.8 Å².